The van der Waals surface area contributed by atoms with E-state index in [0.717, 1.165) is 12.0 Å². The van der Waals surface area contributed by atoms with Crippen molar-refractivity contribution in [3.63, 3.8) is 0 Å². The van der Waals surface area contributed by atoms with Crippen molar-refractivity contribution >= 4 is 45.6 Å². The lowest BCUT2D eigenvalue weighted by molar-refractivity contribution is -0.117. The first-order valence-electron chi connectivity index (χ1n) is 5.67. The molecule has 1 aromatic heterocycles. The minimum atomic E-state index is -0.0696. The topological polar surface area (TPSA) is 54.9 Å². The number of rotatable bonds is 3. The summed E-state index contributed by atoms with van der Waals surface area (Å²) >= 11 is 13.4. The van der Waals surface area contributed by atoms with Gasteiger partial charge in [0.15, 0.2) is 0 Å². The minimum absolute atomic E-state index is 0.0437. The lowest BCUT2D eigenvalue weighted by atomic mass is 10.1. The zero-order valence-electron chi connectivity index (χ0n) is 9.64. The summed E-state index contributed by atoms with van der Waals surface area (Å²) in [4.78, 5) is 12.0. The number of carbonyl (C=O) groups excluding carboxylic acids is 1. The highest BCUT2D eigenvalue weighted by atomic mass is 35.5. The highest BCUT2D eigenvalue weighted by Gasteiger charge is 2.45. The Morgan fingerprint density at radius 3 is 3.00 bits per heavy atom. The summed E-state index contributed by atoms with van der Waals surface area (Å²) in [7, 11) is 0. The fourth-order valence-corrected chi connectivity index (χ4v) is 2.96. The summed E-state index contributed by atoms with van der Waals surface area (Å²) in [5.41, 5.74) is 2.51. The highest BCUT2D eigenvalue weighted by Crippen LogP contribution is 2.51. The molecule has 1 heterocycles. The molecule has 7 heteroatoms. The Labute approximate surface area is 123 Å². The van der Waals surface area contributed by atoms with Gasteiger partial charge in [-0.15, -0.1) is 10.2 Å². The van der Waals surface area contributed by atoms with Crippen LogP contribution in [-0.4, -0.2) is 16.1 Å². The maximum absolute atomic E-state index is 12.0. The van der Waals surface area contributed by atoms with Crippen molar-refractivity contribution in [3.05, 3.63) is 39.3 Å². The number of hydrogen-bond donors (Lipinski definition) is 1. The second-order valence-corrected chi connectivity index (χ2v) is 5.94. The van der Waals surface area contributed by atoms with E-state index in [0.29, 0.717) is 15.2 Å². The van der Waals surface area contributed by atoms with Crippen LogP contribution >= 0.6 is 34.5 Å². The molecule has 1 fully saturated rings. The number of nitrogens with zero attached hydrogens (tertiary/aromatic N) is 2. The second-order valence-electron chi connectivity index (χ2n) is 4.32. The Kier molecular flexibility index (Phi) is 3.43. The van der Waals surface area contributed by atoms with Gasteiger partial charge in [0.1, 0.15) is 5.51 Å². The van der Waals surface area contributed by atoms with Gasteiger partial charge in [0.25, 0.3) is 0 Å². The molecule has 19 heavy (non-hydrogen) atoms. The molecule has 0 radical (unpaired) electrons. The van der Waals surface area contributed by atoms with Crippen LogP contribution in [0.4, 0.5) is 5.13 Å². The number of benzene rings is 1. The van der Waals surface area contributed by atoms with Crippen molar-refractivity contribution in [2.24, 2.45) is 5.92 Å². The Bertz CT molecular complexity index is 617. The molecule has 2 aromatic rings. The molecule has 1 aromatic carbocycles. The summed E-state index contributed by atoms with van der Waals surface area (Å²) in [6.07, 6.45) is 0.782. The van der Waals surface area contributed by atoms with E-state index < -0.39 is 0 Å². The van der Waals surface area contributed by atoms with Gasteiger partial charge < -0.3 is 5.32 Å². The average Bonchev–Trinajstić information content (AvgIpc) is 3.03. The van der Waals surface area contributed by atoms with Crippen LogP contribution in [0.15, 0.2) is 23.7 Å². The van der Waals surface area contributed by atoms with Crippen LogP contribution < -0.4 is 5.32 Å². The molecule has 3 rings (SSSR count). The van der Waals surface area contributed by atoms with Gasteiger partial charge in [-0.2, -0.15) is 0 Å². The molecule has 0 aliphatic heterocycles. The number of amides is 1. The summed E-state index contributed by atoms with van der Waals surface area (Å²) in [6, 6.07) is 5.50. The van der Waals surface area contributed by atoms with Crippen LogP contribution in [0.1, 0.15) is 17.9 Å². The maximum Gasteiger partial charge on any atom is 0.229 e. The zero-order valence-corrected chi connectivity index (χ0v) is 12.0. The quantitative estimate of drug-likeness (QED) is 0.942. The SMILES string of the molecule is O=C(Nc1nncs1)[C@@H]1C[C@H]1c1cccc(Cl)c1Cl. The largest absolute Gasteiger partial charge is 0.300 e. The molecular formula is C12H9Cl2N3OS. The van der Waals surface area contributed by atoms with Gasteiger partial charge in [-0.05, 0) is 24.0 Å². The maximum atomic E-state index is 12.0. The van der Waals surface area contributed by atoms with Crippen molar-refractivity contribution in [2.45, 2.75) is 12.3 Å². The van der Waals surface area contributed by atoms with E-state index in [1.54, 1.807) is 11.6 Å². The molecule has 98 valence electrons. The van der Waals surface area contributed by atoms with E-state index in [4.69, 9.17) is 23.2 Å². The molecule has 0 spiro atoms. The van der Waals surface area contributed by atoms with Gasteiger partial charge in [0, 0.05) is 5.92 Å². The third-order valence-electron chi connectivity index (χ3n) is 3.10. The van der Waals surface area contributed by atoms with Crippen molar-refractivity contribution in [1.82, 2.24) is 10.2 Å². The Hall–Kier alpha value is -1.17. The van der Waals surface area contributed by atoms with Gasteiger partial charge in [-0.25, -0.2) is 0 Å². The predicted molar refractivity (Wildman–Crippen MR) is 75.8 cm³/mol. The molecule has 0 saturated heterocycles. The number of carbonyl (C=O) groups is 1. The van der Waals surface area contributed by atoms with Gasteiger partial charge >= 0.3 is 0 Å². The van der Waals surface area contributed by atoms with Gasteiger partial charge in [0.05, 0.1) is 10.0 Å². The summed E-state index contributed by atoms with van der Waals surface area (Å²) in [5.74, 6) is 0.0248. The van der Waals surface area contributed by atoms with Gasteiger partial charge in [-0.1, -0.05) is 46.7 Å². The summed E-state index contributed by atoms with van der Waals surface area (Å²) in [5, 5.41) is 11.8. The molecule has 0 bridgehead atoms. The number of nitrogens with one attached hydrogen (secondary N) is 1. The number of anilines is 1. The molecule has 1 aliphatic carbocycles. The Morgan fingerprint density at radius 1 is 1.42 bits per heavy atom. The fraction of sp³-hybridized carbons (Fsp3) is 0.250. The molecule has 2 atom stereocenters. The normalized spacial score (nSPS) is 21.2. The summed E-state index contributed by atoms with van der Waals surface area (Å²) in [6.45, 7) is 0. The first kappa shape index (κ1) is 12.8. The third kappa shape index (κ3) is 2.59. The number of hydrogen-bond acceptors (Lipinski definition) is 4. The third-order valence-corrected chi connectivity index (χ3v) is 4.54. The Balaban J connectivity index is 1.70. The van der Waals surface area contributed by atoms with E-state index in [2.05, 4.69) is 15.5 Å². The standard InChI is InChI=1S/C12H9Cl2N3OS/c13-9-3-1-2-6(10(9)14)7-4-8(7)11(18)16-12-17-15-5-19-12/h1-3,5,7-8H,4H2,(H,16,17,18)/t7-,8+/m0/s1. The predicted octanol–water partition coefficient (Wildman–Crippen LogP) is 3.59. The van der Waals surface area contributed by atoms with Crippen LogP contribution in [-0.2, 0) is 4.79 Å². The van der Waals surface area contributed by atoms with Crippen molar-refractivity contribution in [2.75, 3.05) is 5.32 Å². The van der Waals surface area contributed by atoms with Crippen LogP contribution in [0.25, 0.3) is 0 Å². The van der Waals surface area contributed by atoms with Gasteiger partial charge in [0.2, 0.25) is 11.0 Å². The van der Waals surface area contributed by atoms with Gasteiger partial charge in [-0.3, -0.25) is 4.79 Å². The lowest BCUT2D eigenvalue weighted by Gasteiger charge is -2.05. The first-order chi connectivity index (χ1) is 9.16. The number of halogens is 2. The minimum Gasteiger partial charge on any atom is -0.300 e. The van der Waals surface area contributed by atoms with Crippen LogP contribution in [0.3, 0.4) is 0 Å². The summed E-state index contributed by atoms with van der Waals surface area (Å²) < 4.78 is 0. The van der Waals surface area contributed by atoms with E-state index in [1.165, 1.54) is 11.3 Å². The zero-order chi connectivity index (χ0) is 13.4. The lowest BCUT2D eigenvalue weighted by Crippen LogP contribution is -2.14. The molecule has 1 saturated carbocycles. The van der Waals surface area contributed by atoms with Crippen LogP contribution in [0.2, 0.25) is 10.0 Å². The average molecular weight is 314 g/mol. The molecular weight excluding hydrogens is 305 g/mol. The van der Waals surface area contributed by atoms with Crippen molar-refractivity contribution in [3.8, 4) is 0 Å². The fourth-order valence-electron chi connectivity index (χ4n) is 2.06. The Morgan fingerprint density at radius 2 is 2.26 bits per heavy atom. The van der Waals surface area contributed by atoms with E-state index >= 15 is 0 Å². The van der Waals surface area contributed by atoms with Crippen LogP contribution in [0.5, 0.6) is 0 Å². The monoisotopic (exact) mass is 313 g/mol. The molecule has 1 N–H and O–H groups in total. The molecule has 0 unspecified atom stereocenters. The van der Waals surface area contributed by atoms with E-state index in [1.807, 2.05) is 12.1 Å². The van der Waals surface area contributed by atoms with E-state index in [-0.39, 0.29) is 17.7 Å². The first-order valence-corrected chi connectivity index (χ1v) is 7.31. The van der Waals surface area contributed by atoms with Crippen LogP contribution in [0, 0.1) is 5.92 Å². The smallest absolute Gasteiger partial charge is 0.229 e. The molecule has 1 aliphatic rings. The molecule has 4 nitrogen and oxygen atoms in total. The van der Waals surface area contributed by atoms with Crippen molar-refractivity contribution < 1.29 is 4.79 Å². The second kappa shape index (κ2) is 5.07. The molecule has 1 amide bonds. The highest BCUT2D eigenvalue weighted by molar-refractivity contribution is 7.13. The van der Waals surface area contributed by atoms with Crippen molar-refractivity contribution in [1.29, 1.82) is 0 Å². The number of aromatic nitrogens is 2. The van der Waals surface area contributed by atoms with E-state index in [9.17, 15) is 4.79 Å².